The number of hydrogen-bond acceptors (Lipinski definition) is 7. The van der Waals surface area contributed by atoms with Crippen LogP contribution in [-0.2, 0) is 4.74 Å². The molecule has 8 heteroatoms. The molecule has 0 amide bonds. The Morgan fingerprint density at radius 2 is 2.11 bits per heavy atom. The van der Waals surface area contributed by atoms with Gasteiger partial charge in [0.15, 0.2) is 22.9 Å². The number of nitrogens with zero attached hydrogens (tertiary/aromatic N) is 4. The van der Waals surface area contributed by atoms with Gasteiger partial charge in [-0.2, -0.15) is 0 Å². The average molecular weight is 251 g/mol. The Hall–Kier alpha value is -2.19. The number of ether oxygens (including phenoxy) is 1. The van der Waals surface area contributed by atoms with Gasteiger partial charge in [-0.05, 0) is 6.58 Å². The van der Waals surface area contributed by atoms with E-state index in [1.807, 2.05) is 0 Å². The fourth-order valence-corrected chi connectivity index (χ4v) is 1.42. The second-order valence-corrected chi connectivity index (χ2v) is 3.54. The predicted molar refractivity (Wildman–Crippen MR) is 64.1 cm³/mol. The highest BCUT2D eigenvalue weighted by Crippen LogP contribution is 2.18. The highest BCUT2D eigenvalue weighted by molar-refractivity contribution is 5.83. The average Bonchev–Trinajstić information content (AvgIpc) is 2.81. The maximum absolute atomic E-state index is 8.93. The summed E-state index contributed by atoms with van der Waals surface area (Å²) in [5, 5.41) is 17.9. The van der Waals surface area contributed by atoms with Gasteiger partial charge in [-0.1, -0.05) is 0 Å². The summed E-state index contributed by atoms with van der Waals surface area (Å²) in [4.78, 5) is 11.9. The Bertz CT molecular complexity index is 564. The van der Waals surface area contributed by atoms with Crippen LogP contribution in [0.1, 0.15) is 0 Å². The third kappa shape index (κ3) is 2.11. The highest BCUT2D eigenvalue weighted by Gasteiger charge is 2.14. The Balaban J connectivity index is 2.31. The molecule has 0 saturated heterocycles. The molecule has 0 aliphatic carbocycles. The quantitative estimate of drug-likeness (QED) is 0.595. The number of fused-ring (bicyclic) bond motifs is 1. The molecule has 2 heterocycles. The smallest absolute Gasteiger partial charge is 0.193 e. The molecular formula is C10H13N5O3. The monoisotopic (exact) mass is 251 g/mol. The zero-order chi connectivity index (χ0) is 13.1. The maximum atomic E-state index is 8.93. The predicted octanol–water partition coefficient (Wildman–Crippen LogP) is -0.794. The summed E-state index contributed by atoms with van der Waals surface area (Å²) in [6, 6.07) is 0. The Morgan fingerprint density at radius 3 is 2.78 bits per heavy atom. The van der Waals surface area contributed by atoms with Crippen LogP contribution in [0.4, 0.5) is 5.82 Å². The summed E-state index contributed by atoms with van der Waals surface area (Å²) in [6.45, 7) is 3.05. The standard InChI is InChI=1S/C10H13N5O3/c1-6(18-7(2-16)3-17)15-5-14-8-9(11)12-4-13-10(8)15/h4-5,7,16-17H,1-3H2,(H2,11,12,13). The van der Waals surface area contributed by atoms with Crippen LogP contribution < -0.4 is 5.73 Å². The van der Waals surface area contributed by atoms with E-state index in [9.17, 15) is 0 Å². The summed E-state index contributed by atoms with van der Waals surface area (Å²) in [7, 11) is 0. The number of rotatable bonds is 5. The first kappa shape index (κ1) is 12.3. The number of nitrogens with two attached hydrogens (primary N) is 1. The molecule has 0 aliphatic rings. The Morgan fingerprint density at radius 1 is 1.39 bits per heavy atom. The van der Waals surface area contributed by atoms with Crippen molar-refractivity contribution in [3.63, 3.8) is 0 Å². The molecule has 2 aromatic rings. The number of imidazole rings is 1. The van der Waals surface area contributed by atoms with E-state index in [1.54, 1.807) is 0 Å². The summed E-state index contributed by atoms with van der Waals surface area (Å²) in [5.74, 6) is 0.441. The molecule has 4 N–H and O–H groups in total. The summed E-state index contributed by atoms with van der Waals surface area (Å²) < 4.78 is 6.73. The van der Waals surface area contributed by atoms with Gasteiger partial charge in [0.05, 0.1) is 13.2 Å². The van der Waals surface area contributed by atoms with E-state index in [1.165, 1.54) is 17.2 Å². The lowest BCUT2D eigenvalue weighted by Crippen LogP contribution is -2.22. The molecule has 0 bridgehead atoms. The second-order valence-electron chi connectivity index (χ2n) is 3.54. The van der Waals surface area contributed by atoms with Crippen LogP contribution in [-0.4, -0.2) is 49.0 Å². The van der Waals surface area contributed by atoms with Gasteiger partial charge in [0, 0.05) is 0 Å². The fourth-order valence-electron chi connectivity index (χ4n) is 1.42. The van der Waals surface area contributed by atoms with Gasteiger partial charge in [-0.15, -0.1) is 0 Å². The van der Waals surface area contributed by atoms with Gasteiger partial charge >= 0.3 is 0 Å². The first-order valence-electron chi connectivity index (χ1n) is 5.18. The van der Waals surface area contributed by atoms with Crippen LogP contribution in [0, 0.1) is 0 Å². The molecule has 0 fully saturated rings. The Labute approximate surface area is 102 Å². The fraction of sp³-hybridized carbons (Fsp3) is 0.300. The van der Waals surface area contributed by atoms with Gasteiger partial charge in [-0.3, -0.25) is 4.57 Å². The van der Waals surface area contributed by atoms with Crippen LogP contribution in [0.25, 0.3) is 17.0 Å². The minimum Gasteiger partial charge on any atom is -0.471 e. The van der Waals surface area contributed by atoms with Gasteiger partial charge in [0.2, 0.25) is 0 Å². The van der Waals surface area contributed by atoms with Crippen molar-refractivity contribution in [2.24, 2.45) is 0 Å². The van der Waals surface area contributed by atoms with Crippen molar-refractivity contribution in [1.29, 1.82) is 0 Å². The zero-order valence-corrected chi connectivity index (χ0v) is 9.52. The lowest BCUT2D eigenvalue weighted by Gasteiger charge is -2.16. The summed E-state index contributed by atoms with van der Waals surface area (Å²) >= 11 is 0. The van der Waals surface area contributed by atoms with Crippen molar-refractivity contribution < 1.29 is 14.9 Å². The van der Waals surface area contributed by atoms with Crippen LogP contribution in [0.15, 0.2) is 19.2 Å². The number of aromatic nitrogens is 4. The van der Waals surface area contributed by atoms with Crippen LogP contribution in [0.5, 0.6) is 0 Å². The third-order valence-electron chi connectivity index (χ3n) is 2.34. The highest BCUT2D eigenvalue weighted by atomic mass is 16.5. The zero-order valence-electron chi connectivity index (χ0n) is 9.52. The van der Waals surface area contributed by atoms with E-state index < -0.39 is 6.10 Å². The third-order valence-corrected chi connectivity index (χ3v) is 2.34. The lowest BCUT2D eigenvalue weighted by atomic mass is 10.4. The maximum Gasteiger partial charge on any atom is 0.193 e. The first-order chi connectivity index (χ1) is 8.67. The number of aliphatic hydroxyl groups excluding tert-OH is 2. The molecule has 0 saturated carbocycles. The minimum absolute atomic E-state index is 0.184. The molecule has 2 aromatic heterocycles. The van der Waals surface area contributed by atoms with E-state index in [2.05, 4.69) is 21.5 Å². The van der Waals surface area contributed by atoms with E-state index >= 15 is 0 Å². The summed E-state index contributed by atoms with van der Waals surface area (Å²) in [5.41, 5.74) is 6.53. The molecular weight excluding hydrogens is 238 g/mol. The molecule has 18 heavy (non-hydrogen) atoms. The topological polar surface area (TPSA) is 119 Å². The second kappa shape index (κ2) is 4.98. The van der Waals surface area contributed by atoms with Crippen molar-refractivity contribution in [2.75, 3.05) is 18.9 Å². The molecule has 0 unspecified atom stereocenters. The van der Waals surface area contributed by atoms with Crippen LogP contribution >= 0.6 is 0 Å². The van der Waals surface area contributed by atoms with Crippen molar-refractivity contribution in [3.05, 3.63) is 19.2 Å². The van der Waals surface area contributed by atoms with Crippen LogP contribution in [0.2, 0.25) is 0 Å². The van der Waals surface area contributed by atoms with Crippen molar-refractivity contribution >= 4 is 22.9 Å². The normalized spacial score (nSPS) is 11.1. The van der Waals surface area contributed by atoms with Gasteiger partial charge in [-0.25, -0.2) is 15.0 Å². The summed E-state index contributed by atoms with van der Waals surface area (Å²) in [6.07, 6.45) is 2.00. The van der Waals surface area contributed by atoms with Gasteiger partial charge in [0.25, 0.3) is 0 Å². The van der Waals surface area contributed by atoms with Gasteiger partial charge < -0.3 is 20.7 Å². The lowest BCUT2D eigenvalue weighted by molar-refractivity contribution is 0.0389. The van der Waals surface area contributed by atoms with Crippen molar-refractivity contribution in [1.82, 2.24) is 19.5 Å². The molecule has 8 nitrogen and oxygen atoms in total. The molecule has 0 atom stereocenters. The molecule has 0 radical (unpaired) electrons. The van der Waals surface area contributed by atoms with Crippen molar-refractivity contribution in [3.8, 4) is 0 Å². The number of anilines is 1. The minimum atomic E-state index is -0.742. The number of nitrogen functional groups attached to an aromatic ring is 1. The van der Waals surface area contributed by atoms with E-state index in [0.29, 0.717) is 11.2 Å². The van der Waals surface area contributed by atoms with E-state index in [4.69, 9.17) is 20.7 Å². The Kier molecular flexibility index (Phi) is 3.40. The van der Waals surface area contributed by atoms with E-state index in [-0.39, 0.29) is 24.9 Å². The molecule has 0 aliphatic heterocycles. The SMILES string of the molecule is C=C(OC(CO)CO)n1cnc2c(N)ncnc21. The number of aliphatic hydroxyl groups is 2. The number of hydrogen-bond donors (Lipinski definition) is 3. The van der Waals surface area contributed by atoms with E-state index in [0.717, 1.165) is 0 Å². The molecule has 96 valence electrons. The molecule has 2 rings (SSSR count). The van der Waals surface area contributed by atoms with Crippen molar-refractivity contribution in [2.45, 2.75) is 6.10 Å². The van der Waals surface area contributed by atoms with Crippen LogP contribution in [0.3, 0.4) is 0 Å². The molecule has 0 aromatic carbocycles. The van der Waals surface area contributed by atoms with Gasteiger partial charge in [0.1, 0.15) is 18.8 Å². The molecule has 0 spiro atoms. The first-order valence-corrected chi connectivity index (χ1v) is 5.18. The largest absolute Gasteiger partial charge is 0.471 e.